The van der Waals surface area contributed by atoms with Crippen LogP contribution < -0.4 is 20.3 Å². The monoisotopic (exact) mass is 359 g/mol. The molecule has 9 nitrogen and oxygen atoms in total. The van der Waals surface area contributed by atoms with Crippen LogP contribution in [0.25, 0.3) is 6.08 Å². The predicted octanol–water partition coefficient (Wildman–Crippen LogP) is 0.984. The Morgan fingerprint density at radius 1 is 1.12 bits per heavy atom. The number of carbonyl (C=O) groups is 2. The minimum Gasteiger partial charge on any atom is -0.505 e. The summed E-state index contributed by atoms with van der Waals surface area (Å²) in [5.74, 6) is -1.40. The molecule has 0 bridgehead atoms. The van der Waals surface area contributed by atoms with E-state index in [0.717, 1.165) is 12.3 Å². The molecule has 0 atom stereocenters. The second kappa shape index (κ2) is 8.38. The van der Waals surface area contributed by atoms with Gasteiger partial charge in [-0.3, -0.25) is 25.4 Å². The molecule has 1 heterocycles. The first kappa shape index (κ1) is 18.6. The molecule has 26 heavy (non-hydrogen) atoms. The molecule has 2 amide bonds. The average Bonchev–Trinajstić information content (AvgIpc) is 2.65. The Bertz CT molecular complexity index is 825. The summed E-state index contributed by atoms with van der Waals surface area (Å²) >= 11 is 0. The summed E-state index contributed by atoms with van der Waals surface area (Å²) in [6.45, 7) is 0. The van der Waals surface area contributed by atoms with Gasteiger partial charge in [0.05, 0.1) is 26.0 Å². The quantitative estimate of drug-likeness (QED) is 0.462. The lowest BCUT2D eigenvalue weighted by atomic mass is 10.1. The number of rotatable bonds is 5. The van der Waals surface area contributed by atoms with Gasteiger partial charge in [0.15, 0.2) is 11.5 Å². The van der Waals surface area contributed by atoms with Crippen LogP contribution in [0.5, 0.6) is 23.0 Å². The summed E-state index contributed by atoms with van der Waals surface area (Å²) in [4.78, 5) is 27.3. The Labute approximate surface area is 148 Å². The molecule has 0 unspecified atom stereocenters. The smallest absolute Gasteiger partial charge is 0.273 e. The number of phenols is 1. The van der Waals surface area contributed by atoms with Crippen LogP contribution in [0.15, 0.2) is 36.7 Å². The second-order valence-corrected chi connectivity index (χ2v) is 4.94. The number of aromatic hydroxyl groups is 2. The standard InChI is InChI=1S/C17H17N3O6/c1-25-13-7-10(8-14(26-2)16(13)23)3-4-15(22)19-20-17(24)11-5-6-18-9-12(11)21/h3-9,21,23H,1-2H3,(H,19,22)(H,20,24)/b4-3+. The number of benzene rings is 1. The van der Waals surface area contributed by atoms with Gasteiger partial charge in [-0.15, -0.1) is 0 Å². The van der Waals surface area contributed by atoms with Crippen LogP contribution in [0.2, 0.25) is 0 Å². The maximum Gasteiger partial charge on any atom is 0.273 e. The minimum absolute atomic E-state index is 0.0303. The third kappa shape index (κ3) is 4.41. The van der Waals surface area contributed by atoms with E-state index in [4.69, 9.17) is 9.47 Å². The number of hydrogen-bond donors (Lipinski definition) is 4. The van der Waals surface area contributed by atoms with Crippen LogP contribution in [0, 0.1) is 0 Å². The van der Waals surface area contributed by atoms with E-state index in [-0.39, 0.29) is 28.6 Å². The fraction of sp³-hybridized carbons (Fsp3) is 0.118. The van der Waals surface area contributed by atoms with Crippen LogP contribution in [0.4, 0.5) is 0 Å². The van der Waals surface area contributed by atoms with E-state index in [9.17, 15) is 19.8 Å². The normalized spacial score (nSPS) is 10.4. The molecule has 0 saturated carbocycles. The van der Waals surface area contributed by atoms with Crippen molar-refractivity contribution in [1.29, 1.82) is 0 Å². The molecule has 4 N–H and O–H groups in total. The summed E-state index contributed by atoms with van der Waals surface area (Å²) in [7, 11) is 2.78. The van der Waals surface area contributed by atoms with Gasteiger partial charge in [-0.25, -0.2) is 0 Å². The van der Waals surface area contributed by atoms with Crippen molar-refractivity contribution in [3.05, 3.63) is 47.8 Å². The molecule has 9 heteroatoms. The van der Waals surface area contributed by atoms with Crippen molar-refractivity contribution in [2.24, 2.45) is 0 Å². The molecule has 0 aliphatic rings. The van der Waals surface area contributed by atoms with Crippen molar-refractivity contribution in [1.82, 2.24) is 15.8 Å². The molecular formula is C17H17N3O6. The van der Waals surface area contributed by atoms with Crippen LogP contribution in [-0.4, -0.2) is 41.2 Å². The lowest BCUT2D eigenvalue weighted by molar-refractivity contribution is -0.117. The van der Waals surface area contributed by atoms with Gasteiger partial charge in [0.25, 0.3) is 11.8 Å². The van der Waals surface area contributed by atoms with E-state index in [0.29, 0.717) is 5.56 Å². The number of nitrogens with zero attached hydrogens (tertiary/aromatic N) is 1. The Morgan fingerprint density at radius 3 is 2.35 bits per heavy atom. The number of carbonyl (C=O) groups excluding carboxylic acids is 2. The molecule has 1 aromatic carbocycles. The molecule has 2 aromatic rings. The van der Waals surface area contributed by atoms with Gasteiger partial charge < -0.3 is 19.7 Å². The van der Waals surface area contributed by atoms with Gasteiger partial charge in [-0.05, 0) is 29.8 Å². The van der Waals surface area contributed by atoms with Gasteiger partial charge >= 0.3 is 0 Å². The second-order valence-electron chi connectivity index (χ2n) is 4.94. The Morgan fingerprint density at radius 2 is 1.77 bits per heavy atom. The Kier molecular flexibility index (Phi) is 5.99. The van der Waals surface area contributed by atoms with Crippen LogP contribution in [0.3, 0.4) is 0 Å². The summed E-state index contributed by atoms with van der Waals surface area (Å²) in [5, 5.41) is 19.4. The van der Waals surface area contributed by atoms with Crippen LogP contribution in [-0.2, 0) is 4.79 Å². The average molecular weight is 359 g/mol. The largest absolute Gasteiger partial charge is 0.505 e. The SMILES string of the molecule is COc1cc(/C=C/C(=O)NNC(=O)c2ccncc2O)cc(OC)c1O. The number of aromatic nitrogens is 1. The van der Waals surface area contributed by atoms with Gasteiger partial charge in [-0.2, -0.15) is 0 Å². The number of hydrazine groups is 1. The number of ether oxygens (including phenoxy) is 2. The highest BCUT2D eigenvalue weighted by Gasteiger charge is 2.12. The number of amides is 2. The van der Waals surface area contributed by atoms with Gasteiger partial charge in [-0.1, -0.05) is 0 Å². The number of methoxy groups -OCH3 is 2. The van der Waals surface area contributed by atoms with E-state index in [1.807, 2.05) is 0 Å². The highest BCUT2D eigenvalue weighted by molar-refractivity contribution is 5.99. The lowest BCUT2D eigenvalue weighted by Gasteiger charge is -2.09. The fourth-order valence-electron chi connectivity index (χ4n) is 1.99. The Hall–Kier alpha value is -3.75. The fourth-order valence-corrected chi connectivity index (χ4v) is 1.99. The molecule has 0 aliphatic carbocycles. The zero-order valence-electron chi connectivity index (χ0n) is 14.0. The number of nitrogens with one attached hydrogen (secondary N) is 2. The number of pyridine rings is 1. The van der Waals surface area contributed by atoms with E-state index < -0.39 is 11.8 Å². The summed E-state index contributed by atoms with van der Waals surface area (Å²) in [5.41, 5.74) is 4.84. The van der Waals surface area contributed by atoms with Gasteiger partial charge in [0.2, 0.25) is 5.75 Å². The third-order valence-electron chi connectivity index (χ3n) is 3.27. The zero-order valence-corrected chi connectivity index (χ0v) is 14.0. The van der Waals surface area contributed by atoms with Crippen molar-refractivity contribution < 1.29 is 29.3 Å². The van der Waals surface area contributed by atoms with E-state index in [1.165, 1.54) is 44.7 Å². The number of hydrogen-bond acceptors (Lipinski definition) is 7. The molecule has 136 valence electrons. The lowest BCUT2D eigenvalue weighted by Crippen LogP contribution is -2.40. The summed E-state index contributed by atoms with van der Waals surface area (Å²) < 4.78 is 10.0. The zero-order chi connectivity index (χ0) is 19.1. The molecule has 0 spiro atoms. The van der Waals surface area contributed by atoms with E-state index in [1.54, 1.807) is 0 Å². The van der Waals surface area contributed by atoms with Crippen molar-refractivity contribution in [2.45, 2.75) is 0 Å². The molecule has 0 aliphatic heterocycles. The molecule has 0 fully saturated rings. The van der Waals surface area contributed by atoms with E-state index >= 15 is 0 Å². The topological polar surface area (TPSA) is 130 Å². The minimum atomic E-state index is -0.695. The maximum atomic E-state index is 11.9. The first-order valence-electron chi connectivity index (χ1n) is 7.32. The van der Waals surface area contributed by atoms with Crippen LogP contribution in [0.1, 0.15) is 15.9 Å². The third-order valence-corrected chi connectivity index (χ3v) is 3.27. The molecule has 0 saturated heterocycles. The molecule has 0 radical (unpaired) electrons. The first-order chi connectivity index (χ1) is 12.5. The van der Waals surface area contributed by atoms with Crippen molar-refractivity contribution >= 4 is 17.9 Å². The maximum absolute atomic E-state index is 11.9. The van der Waals surface area contributed by atoms with Crippen molar-refractivity contribution in [2.75, 3.05) is 14.2 Å². The summed E-state index contributed by atoms with van der Waals surface area (Å²) in [6.07, 6.45) is 5.05. The highest BCUT2D eigenvalue weighted by atomic mass is 16.5. The first-order valence-corrected chi connectivity index (χ1v) is 7.32. The van der Waals surface area contributed by atoms with Crippen molar-refractivity contribution in [3.63, 3.8) is 0 Å². The van der Waals surface area contributed by atoms with Crippen molar-refractivity contribution in [3.8, 4) is 23.0 Å². The van der Waals surface area contributed by atoms with Gasteiger partial charge in [0, 0.05) is 12.3 Å². The molecule has 1 aromatic heterocycles. The van der Waals surface area contributed by atoms with Crippen LogP contribution >= 0.6 is 0 Å². The summed E-state index contributed by atoms with van der Waals surface area (Å²) in [6, 6.07) is 4.33. The molecular weight excluding hydrogens is 342 g/mol. The number of phenolic OH excluding ortho intramolecular Hbond substituents is 1. The van der Waals surface area contributed by atoms with Gasteiger partial charge in [0.1, 0.15) is 5.75 Å². The molecule has 2 rings (SSSR count). The highest BCUT2D eigenvalue weighted by Crippen LogP contribution is 2.37. The van der Waals surface area contributed by atoms with E-state index in [2.05, 4.69) is 15.8 Å². The Balaban J connectivity index is 2.01. The predicted molar refractivity (Wildman–Crippen MR) is 91.8 cm³/mol.